The van der Waals surface area contributed by atoms with Crippen molar-refractivity contribution in [3.05, 3.63) is 84.4 Å². The van der Waals surface area contributed by atoms with Crippen LogP contribution < -0.4 is 14.8 Å². The van der Waals surface area contributed by atoms with Crippen LogP contribution in [0, 0.1) is 6.92 Å². The molecule has 0 radical (unpaired) electrons. The highest BCUT2D eigenvalue weighted by molar-refractivity contribution is 5.95. The Morgan fingerprint density at radius 2 is 1.56 bits per heavy atom. The quantitative estimate of drug-likeness (QED) is 0.597. The molecule has 3 aromatic rings. The summed E-state index contributed by atoms with van der Waals surface area (Å²) in [6.07, 6.45) is -0.0287. The van der Waals surface area contributed by atoms with Crippen molar-refractivity contribution >= 4 is 11.6 Å². The first-order valence-electron chi connectivity index (χ1n) is 9.02. The number of ether oxygens (including phenoxy) is 2. The van der Waals surface area contributed by atoms with E-state index in [0.717, 1.165) is 5.56 Å². The van der Waals surface area contributed by atoms with Crippen LogP contribution in [0.2, 0.25) is 0 Å². The maximum atomic E-state index is 12.7. The highest BCUT2D eigenvalue weighted by atomic mass is 16.5. The number of aryl methyl sites for hydroxylation is 1. The van der Waals surface area contributed by atoms with Gasteiger partial charge < -0.3 is 14.8 Å². The second kappa shape index (κ2) is 8.90. The lowest BCUT2D eigenvalue weighted by Crippen LogP contribution is -2.32. The minimum atomic E-state index is -0.586. The van der Waals surface area contributed by atoms with Crippen molar-refractivity contribution < 1.29 is 14.3 Å². The topological polar surface area (TPSA) is 47.6 Å². The number of anilines is 1. The Bertz CT molecular complexity index is 876. The number of carbonyl (C=O) groups excluding carboxylic acids is 1. The number of para-hydroxylation sites is 3. The molecule has 0 aliphatic carbocycles. The van der Waals surface area contributed by atoms with E-state index in [9.17, 15) is 4.79 Å². The third kappa shape index (κ3) is 5.11. The van der Waals surface area contributed by atoms with Gasteiger partial charge in [-0.15, -0.1) is 0 Å². The summed E-state index contributed by atoms with van der Waals surface area (Å²) in [7, 11) is 0. The maximum Gasteiger partial charge on any atom is 0.265 e. The zero-order valence-corrected chi connectivity index (χ0v) is 15.5. The lowest BCUT2D eigenvalue weighted by Gasteiger charge is -2.18. The summed E-state index contributed by atoms with van der Waals surface area (Å²) in [6.45, 7) is 3.93. The summed E-state index contributed by atoms with van der Waals surface area (Å²) < 4.78 is 11.8. The van der Waals surface area contributed by atoms with Crippen LogP contribution in [0.4, 0.5) is 5.69 Å². The van der Waals surface area contributed by atoms with Gasteiger partial charge in [-0.05, 0) is 49.7 Å². The van der Waals surface area contributed by atoms with Crippen molar-refractivity contribution in [2.24, 2.45) is 0 Å². The molecule has 0 aliphatic rings. The van der Waals surface area contributed by atoms with Gasteiger partial charge in [0, 0.05) is 0 Å². The summed E-state index contributed by atoms with van der Waals surface area (Å²) in [5.41, 5.74) is 1.75. The smallest absolute Gasteiger partial charge is 0.265 e. The molecular weight excluding hydrogens is 338 g/mol. The molecule has 0 fully saturated rings. The molecule has 138 valence electrons. The van der Waals surface area contributed by atoms with Crippen molar-refractivity contribution in [2.75, 3.05) is 5.32 Å². The van der Waals surface area contributed by atoms with Crippen LogP contribution in [0.1, 0.15) is 18.9 Å². The van der Waals surface area contributed by atoms with E-state index in [1.165, 1.54) is 0 Å². The fraction of sp³-hybridized carbons (Fsp3) is 0.174. The molecule has 0 saturated carbocycles. The van der Waals surface area contributed by atoms with Gasteiger partial charge in [0.2, 0.25) is 0 Å². The second-order valence-electron chi connectivity index (χ2n) is 6.23. The van der Waals surface area contributed by atoms with Gasteiger partial charge in [0.05, 0.1) is 5.69 Å². The number of amides is 1. The molecule has 4 heteroatoms. The monoisotopic (exact) mass is 361 g/mol. The lowest BCUT2D eigenvalue weighted by molar-refractivity contribution is -0.122. The molecule has 1 N–H and O–H groups in total. The first kappa shape index (κ1) is 18.5. The molecule has 27 heavy (non-hydrogen) atoms. The zero-order valence-electron chi connectivity index (χ0n) is 15.5. The molecular formula is C23H23NO3. The summed E-state index contributed by atoms with van der Waals surface area (Å²) in [4.78, 5) is 12.7. The van der Waals surface area contributed by atoms with Crippen LogP contribution >= 0.6 is 0 Å². The Hall–Kier alpha value is -3.27. The fourth-order valence-corrected chi connectivity index (χ4v) is 2.59. The number of hydrogen-bond donors (Lipinski definition) is 1. The van der Waals surface area contributed by atoms with Crippen LogP contribution in [-0.2, 0) is 4.79 Å². The number of hydrogen-bond acceptors (Lipinski definition) is 3. The number of benzene rings is 3. The molecule has 1 atom stereocenters. The van der Waals surface area contributed by atoms with Gasteiger partial charge in [-0.3, -0.25) is 4.79 Å². The Balaban J connectivity index is 1.71. The van der Waals surface area contributed by atoms with E-state index >= 15 is 0 Å². The van der Waals surface area contributed by atoms with E-state index in [2.05, 4.69) is 5.32 Å². The van der Waals surface area contributed by atoms with Gasteiger partial charge in [-0.25, -0.2) is 0 Å². The van der Waals surface area contributed by atoms with Crippen molar-refractivity contribution in [3.8, 4) is 17.2 Å². The standard InChI is InChI=1S/C23H23NO3/c1-3-21(26-19-15-13-17(2)14-16-19)23(25)24-20-11-7-8-12-22(20)27-18-9-5-4-6-10-18/h4-16,21H,3H2,1-2H3,(H,24,25)/t21-/m1/s1. The van der Waals surface area contributed by atoms with E-state index in [1.54, 1.807) is 0 Å². The average molecular weight is 361 g/mol. The minimum absolute atomic E-state index is 0.206. The Labute approximate surface area is 159 Å². The predicted octanol–water partition coefficient (Wildman–Crippen LogP) is 5.58. The number of nitrogens with one attached hydrogen (secondary N) is 1. The Morgan fingerprint density at radius 1 is 0.889 bits per heavy atom. The zero-order chi connectivity index (χ0) is 19.1. The predicted molar refractivity (Wildman–Crippen MR) is 107 cm³/mol. The molecule has 3 rings (SSSR count). The van der Waals surface area contributed by atoms with E-state index in [4.69, 9.17) is 9.47 Å². The SMILES string of the molecule is CC[C@@H](Oc1ccc(C)cc1)C(=O)Nc1ccccc1Oc1ccccc1. The van der Waals surface area contributed by atoms with Gasteiger partial charge >= 0.3 is 0 Å². The molecule has 3 aromatic carbocycles. The van der Waals surface area contributed by atoms with Crippen molar-refractivity contribution in [3.63, 3.8) is 0 Å². The lowest BCUT2D eigenvalue weighted by atomic mass is 10.2. The summed E-state index contributed by atoms with van der Waals surface area (Å²) >= 11 is 0. The van der Waals surface area contributed by atoms with E-state index < -0.39 is 6.10 Å². The molecule has 0 spiro atoms. The molecule has 0 aliphatic heterocycles. The summed E-state index contributed by atoms with van der Waals surface area (Å²) in [5.74, 6) is 1.77. The summed E-state index contributed by atoms with van der Waals surface area (Å²) in [6, 6.07) is 24.5. The fourth-order valence-electron chi connectivity index (χ4n) is 2.59. The van der Waals surface area contributed by atoms with E-state index in [-0.39, 0.29) is 5.91 Å². The summed E-state index contributed by atoms with van der Waals surface area (Å²) in [5, 5.41) is 2.92. The third-order valence-corrected chi connectivity index (χ3v) is 4.08. The second-order valence-corrected chi connectivity index (χ2v) is 6.23. The van der Waals surface area contributed by atoms with Gasteiger partial charge in [-0.1, -0.05) is 55.0 Å². The molecule has 0 saturated heterocycles. The Kier molecular flexibility index (Phi) is 6.10. The van der Waals surface area contributed by atoms with Crippen LogP contribution in [0.25, 0.3) is 0 Å². The minimum Gasteiger partial charge on any atom is -0.481 e. The average Bonchev–Trinajstić information content (AvgIpc) is 2.70. The van der Waals surface area contributed by atoms with Gasteiger partial charge in [-0.2, -0.15) is 0 Å². The maximum absolute atomic E-state index is 12.7. The normalized spacial score (nSPS) is 11.5. The molecule has 1 amide bonds. The Morgan fingerprint density at radius 3 is 2.26 bits per heavy atom. The molecule has 4 nitrogen and oxygen atoms in total. The van der Waals surface area contributed by atoms with E-state index in [1.807, 2.05) is 92.7 Å². The van der Waals surface area contributed by atoms with Crippen molar-refractivity contribution in [1.82, 2.24) is 0 Å². The van der Waals surface area contributed by atoms with Gasteiger partial charge in [0.1, 0.15) is 11.5 Å². The first-order valence-corrected chi connectivity index (χ1v) is 9.02. The van der Waals surface area contributed by atoms with Crippen molar-refractivity contribution in [2.45, 2.75) is 26.4 Å². The molecule has 0 bridgehead atoms. The van der Waals surface area contributed by atoms with Crippen LogP contribution in [0.5, 0.6) is 17.2 Å². The first-order chi connectivity index (χ1) is 13.2. The van der Waals surface area contributed by atoms with Gasteiger partial charge in [0.25, 0.3) is 5.91 Å². The van der Waals surface area contributed by atoms with Crippen LogP contribution in [0.15, 0.2) is 78.9 Å². The molecule has 0 unspecified atom stereocenters. The highest BCUT2D eigenvalue weighted by Crippen LogP contribution is 2.29. The highest BCUT2D eigenvalue weighted by Gasteiger charge is 2.20. The number of carbonyl (C=O) groups is 1. The molecule has 0 aromatic heterocycles. The van der Waals surface area contributed by atoms with Gasteiger partial charge in [0.15, 0.2) is 11.9 Å². The van der Waals surface area contributed by atoms with Crippen molar-refractivity contribution in [1.29, 1.82) is 0 Å². The van der Waals surface area contributed by atoms with Crippen LogP contribution in [0.3, 0.4) is 0 Å². The van der Waals surface area contributed by atoms with Crippen LogP contribution in [-0.4, -0.2) is 12.0 Å². The molecule has 0 heterocycles. The third-order valence-electron chi connectivity index (χ3n) is 4.08. The van der Waals surface area contributed by atoms with E-state index in [0.29, 0.717) is 29.4 Å². The largest absolute Gasteiger partial charge is 0.481 e. The number of rotatable bonds is 7.